The molecule has 1 fully saturated rings. The SMILES string of the molecule is CC(C)(C)OC(=O)N1CCN(Cc2cccc3sc(-c4ccccc4NC(=O)c4ccc(F)cc4)nc23)CC1. The molecule has 0 atom stereocenters. The third-order valence-corrected chi connectivity index (χ3v) is 7.49. The van der Waals surface area contributed by atoms with Gasteiger partial charge < -0.3 is 15.0 Å². The van der Waals surface area contributed by atoms with Crippen molar-refractivity contribution < 1.29 is 18.7 Å². The number of thiazole rings is 1. The maximum atomic E-state index is 13.3. The maximum absolute atomic E-state index is 13.3. The lowest BCUT2D eigenvalue weighted by Crippen LogP contribution is -2.49. The number of halogens is 1. The number of fused-ring (bicyclic) bond motifs is 1. The molecule has 0 aliphatic carbocycles. The summed E-state index contributed by atoms with van der Waals surface area (Å²) in [4.78, 5) is 34.3. The number of carbonyl (C=O) groups excluding carboxylic acids is 2. The maximum Gasteiger partial charge on any atom is 0.410 e. The van der Waals surface area contributed by atoms with Gasteiger partial charge in [0.25, 0.3) is 5.91 Å². The average molecular weight is 547 g/mol. The van der Waals surface area contributed by atoms with Gasteiger partial charge in [-0.25, -0.2) is 14.2 Å². The number of benzene rings is 3. The Morgan fingerprint density at radius 2 is 1.69 bits per heavy atom. The van der Waals surface area contributed by atoms with Crippen LogP contribution >= 0.6 is 11.3 Å². The summed E-state index contributed by atoms with van der Waals surface area (Å²) in [7, 11) is 0. The van der Waals surface area contributed by atoms with Crippen LogP contribution in [0, 0.1) is 5.82 Å². The van der Waals surface area contributed by atoms with Gasteiger partial charge in [0.05, 0.1) is 15.9 Å². The Hall–Kier alpha value is -3.82. The Balaban J connectivity index is 1.31. The van der Waals surface area contributed by atoms with Crippen molar-refractivity contribution in [2.45, 2.75) is 32.9 Å². The molecule has 4 aromatic rings. The van der Waals surface area contributed by atoms with Gasteiger partial charge in [-0.15, -0.1) is 11.3 Å². The molecule has 39 heavy (non-hydrogen) atoms. The third kappa shape index (κ3) is 6.43. The van der Waals surface area contributed by atoms with Gasteiger partial charge in [0.1, 0.15) is 16.4 Å². The number of nitrogens with zero attached hydrogens (tertiary/aromatic N) is 3. The molecule has 0 bridgehead atoms. The van der Waals surface area contributed by atoms with Gasteiger partial charge in [-0.3, -0.25) is 9.69 Å². The summed E-state index contributed by atoms with van der Waals surface area (Å²) in [5.74, 6) is -0.697. The van der Waals surface area contributed by atoms with Crippen LogP contribution in [0.1, 0.15) is 36.7 Å². The van der Waals surface area contributed by atoms with Gasteiger partial charge in [0.15, 0.2) is 0 Å². The molecule has 3 aromatic carbocycles. The molecule has 202 valence electrons. The molecule has 0 spiro atoms. The van der Waals surface area contributed by atoms with Crippen molar-refractivity contribution >= 4 is 39.2 Å². The molecule has 1 aromatic heterocycles. The van der Waals surface area contributed by atoms with Gasteiger partial charge in [-0.05, 0) is 68.8 Å². The van der Waals surface area contributed by atoms with E-state index in [1.165, 1.54) is 24.3 Å². The van der Waals surface area contributed by atoms with Crippen molar-refractivity contribution in [3.8, 4) is 10.6 Å². The number of carbonyl (C=O) groups is 2. The predicted octanol–water partition coefficient (Wildman–Crippen LogP) is 6.41. The van der Waals surface area contributed by atoms with Crippen LogP contribution in [0.5, 0.6) is 0 Å². The number of hydrogen-bond acceptors (Lipinski definition) is 6. The zero-order chi connectivity index (χ0) is 27.6. The van der Waals surface area contributed by atoms with Crippen molar-refractivity contribution in [2.75, 3.05) is 31.5 Å². The van der Waals surface area contributed by atoms with Crippen LogP contribution in [0.2, 0.25) is 0 Å². The van der Waals surface area contributed by atoms with E-state index in [9.17, 15) is 14.0 Å². The number of ether oxygens (including phenoxy) is 1. The molecule has 1 aliphatic rings. The minimum absolute atomic E-state index is 0.265. The number of hydrogen-bond donors (Lipinski definition) is 1. The Bertz CT molecular complexity index is 1490. The minimum Gasteiger partial charge on any atom is -0.444 e. The number of aromatic nitrogens is 1. The van der Waals surface area contributed by atoms with Gasteiger partial charge >= 0.3 is 6.09 Å². The Morgan fingerprint density at radius 1 is 0.974 bits per heavy atom. The molecule has 1 N–H and O–H groups in total. The molecule has 7 nitrogen and oxygen atoms in total. The quantitative estimate of drug-likeness (QED) is 0.313. The molecule has 2 amide bonds. The second kappa shape index (κ2) is 11.1. The molecular weight excluding hydrogens is 515 g/mol. The predicted molar refractivity (Wildman–Crippen MR) is 152 cm³/mol. The fourth-order valence-electron chi connectivity index (χ4n) is 4.48. The lowest BCUT2D eigenvalue weighted by Gasteiger charge is -2.35. The lowest BCUT2D eigenvalue weighted by atomic mass is 10.1. The summed E-state index contributed by atoms with van der Waals surface area (Å²) in [6.45, 7) is 9.11. The van der Waals surface area contributed by atoms with E-state index in [0.29, 0.717) is 24.3 Å². The third-order valence-electron chi connectivity index (χ3n) is 6.43. The first-order valence-corrected chi connectivity index (χ1v) is 13.7. The van der Waals surface area contributed by atoms with Crippen LogP contribution < -0.4 is 5.32 Å². The van der Waals surface area contributed by atoms with E-state index in [-0.39, 0.29) is 17.8 Å². The molecule has 0 saturated carbocycles. The molecule has 9 heteroatoms. The zero-order valence-corrected chi connectivity index (χ0v) is 23.1. The number of amides is 2. The lowest BCUT2D eigenvalue weighted by molar-refractivity contribution is 0.0139. The summed E-state index contributed by atoms with van der Waals surface area (Å²) >= 11 is 1.58. The Kier molecular flexibility index (Phi) is 7.63. The molecule has 2 heterocycles. The van der Waals surface area contributed by atoms with E-state index in [4.69, 9.17) is 9.72 Å². The normalized spacial score (nSPS) is 14.4. The first-order valence-electron chi connectivity index (χ1n) is 12.9. The van der Waals surface area contributed by atoms with Crippen molar-refractivity contribution in [2.24, 2.45) is 0 Å². The van der Waals surface area contributed by atoms with E-state index in [1.54, 1.807) is 16.2 Å². The number of piperazine rings is 1. The summed E-state index contributed by atoms with van der Waals surface area (Å²) in [6, 6.07) is 19.2. The van der Waals surface area contributed by atoms with Gasteiger partial charge in [-0.1, -0.05) is 24.3 Å². The van der Waals surface area contributed by atoms with Gasteiger partial charge in [0.2, 0.25) is 0 Å². The van der Waals surface area contributed by atoms with Crippen LogP contribution in [0.4, 0.5) is 14.9 Å². The molecule has 0 unspecified atom stereocenters. The van der Waals surface area contributed by atoms with Crippen LogP contribution in [0.15, 0.2) is 66.7 Å². The van der Waals surface area contributed by atoms with Crippen molar-refractivity contribution in [3.63, 3.8) is 0 Å². The summed E-state index contributed by atoms with van der Waals surface area (Å²) in [6.07, 6.45) is -0.265. The van der Waals surface area contributed by atoms with Gasteiger partial charge in [-0.2, -0.15) is 0 Å². The fraction of sp³-hybridized carbons (Fsp3) is 0.300. The Morgan fingerprint density at radius 3 is 2.41 bits per heavy atom. The van der Waals surface area contributed by atoms with Crippen LogP contribution in [-0.2, 0) is 11.3 Å². The van der Waals surface area contributed by atoms with E-state index >= 15 is 0 Å². The van der Waals surface area contributed by atoms with Crippen molar-refractivity contribution in [1.29, 1.82) is 0 Å². The summed E-state index contributed by atoms with van der Waals surface area (Å²) < 4.78 is 19.9. The highest BCUT2D eigenvalue weighted by atomic mass is 32.1. The number of anilines is 1. The standard InChI is InChI=1S/C30H31FN4O3S/c1-30(2,3)38-29(37)35-17-15-34(16-18-35)19-21-7-6-10-25-26(21)33-28(39-25)23-8-4-5-9-24(23)32-27(36)20-11-13-22(31)14-12-20/h4-14H,15-19H2,1-3H3,(H,32,36). The van der Waals surface area contributed by atoms with Crippen molar-refractivity contribution in [1.82, 2.24) is 14.8 Å². The second-order valence-corrected chi connectivity index (χ2v) is 11.6. The van der Waals surface area contributed by atoms with Crippen LogP contribution in [0.25, 0.3) is 20.8 Å². The Labute approximate surface area is 231 Å². The van der Waals surface area contributed by atoms with Crippen LogP contribution in [0.3, 0.4) is 0 Å². The molecular formula is C30H31FN4O3S. The highest BCUT2D eigenvalue weighted by molar-refractivity contribution is 7.21. The van der Waals surface area contributed by atoms with E-state index in [2.05, 4.69) is 22.3 Å². The average Bonchev–Trinajstić information content (AvgIpc) is 3.34. The monoisotopic (exact) mass is 546 g/mol. The highest BCUT2D eigenvalue weighted by Crippen LogP contribution is 2.36. The van der Waals surface area contributed by atoms with Crippen LogP contribution in [-0.4, -0.2) is 58.6 Å². The molecule has 5 rings (SSSR count). The smallest absolute Gasteiger partial charge is 0.410 e. The number of rotatable bonds is 5. The first kappa shape index (κ1) is 26.8. The van der Waals surface area contributed by atoms with E-state index in [0.717, 1.165) is 46.0 Å². The molecule has 1 aliphatic heterocycles. The highest BCUT2D eigenvalue weighted by Gasteiger charge is 2.26. The topological polar surface area (TPSA) is 74.8 Å². The summed E-state index contributed by atoms with van der Waals surface area (Å²) in [5, 5.41) is 3.76. The fourth-order valence-corrected chi connectivity index (χ4v) is 5.53. The second-order valence-electron chi connectivity index (χ2n) is 10.5. The van der Waals surface area contributed by atoms with Crippen molar-refractivity contribution in [3.05, 3.63) is 83.7 Å². The number of para-hydroxylation sites is 2. The zero-order valence-electron chi connectivity index (χ0n) is 22.2. The number of nitrogens with one attached hydrogen (secondary N) is 1. The molecule has 0 radical (unpaired) electrons. The molecule has 1 saturated heterocycles. The van der Waals surface area contributed by atoms with Gasteiger partial charge in [0, 0.05) is 43.9 Å². The summed E-state index contributed by atoms with van der Waals surface area (Å²) in [5.41, 5.74) is 3.40. The minimum atomic E-state index is -0.505. The van der Waals surface area contributed by atoms with E-state index in [1.807, 2.05) is 51.1 Å². The largest absolute Gasteiger partial charge is 0.444 e. The first-order chi connectivity index (χ1) is 18.7. The van der Waals surface area contributed by atoms with E-state index < -0.39 is 5.60 Å².